The molecule has 0 aliphatic rings. The molecule has 0 saturated heterocycles. The Morgan fingerprint density at radius 3 is 1.92 bits per heavy atom. The summed E-state index contributed by atoms with van der Waals surface area (Å²) >= 11 is 0. The standard InChI is InChI=1S/C7H7BO2.2H2O/c8-6-3-1-5(2-4-6)7(9)10;;/h1-4H,8H2,(H,9,10);2*1H2. The molecule has 1 aromatic rings. The first-order valence-electron chi connectivity index (χ1n) is 3.00. The highest BCUT2D eigenvalue weighted by Crippen LogP contribution is 1.94. The monoisotopic (exact) mass is 170 g/mol. The van der Waals surface area contributed by atoms with E-state index in [9.17, 15) is 4.79 Å². The summed E-state index contributed by atoms with van der Waals surface area (Å²) in [6.45, 7) is 0. The van der Waals surface area contributed by atoms with E-state index in [0.29, 0.717) is 5.56 Å². The van der Waals surface area contributed by atoms with E-state index in [1.165, 1.54) is 0 Å². The van der Waals surface area contributed by atoms with Gasteiger partial charge in [-0.15, -0.1) is 0 Å². The number of hydrogen-bond donors (Lipinski definition) is 1. The van der Waals surface area contributed by atoms with Crippen molar-refractivity contribution in [1.29, 1.82) is 0 Å². The quantitative estimate of drug-likeness (QED) is 0.492. The molecule has 5 heteroatoms. The second-order valence-corrected chi connectivity index (χ2v) is 2.17. The van der Waals surface area contributed by atoms with Gasteiger partial charge in [0.25, 0.3) is 0 Å². The van der Waals surface area contributed by atoms with E-state index in [1.54, 1.807) is 24.3 Å². The summed E-state index contributed by atoms with van der Waals surface area (Å²) in [5.74, 6) is -0.875. The Labute approximate surface area is 70.9 Å². The van der Waals surface area contributed by atoms with Crippen molar-refractivity contribution in [2.24, 2.45) is 0 Å². The van der Waals surface area contributed by atoms with Crippen molar-refractivity contribution in [1.82, 2.24) is 0 Å². The first-order valence-corrected chi connectivity index (χ1v) is 3.00. The lowest BCUT2D eigenvalue weighted by Crippen LogP contribution is -2.03. The number of hydrogen-bond acceptors (Lipinski definition) is 1. The van der Waals surface area contributed by atoms with Gasteiger partial charge in [-0.25, -0.2) is 4.79 Å². The van der Waals surface area contributed by atoms with Crippen molar-refractivity contribution < 1.29 is 20.9 Å². The second-order valence-electron chi connectivity index (χ2n) is 2.17. The maximum Gasteiger partial charge on any atom is 0.335 e. The van der Waals surface area contributed by atoms with Crippen LogP contribution in [-0.2, 0) is 0 Å². The Morgan fingerprint density at radius 2 is 1.58 bits per heavy atom. The summed E-state index contributed by atoms with van der Waals surface area (Å²) in [6, 6.07) is 6.75. The molecule has 0 aliphatic carbocycles. The van der Waals surface area contributed by atoms with Crippen LogP contribution < -0.4 is 5.46 Å². The Hall–Kier alpha value is -1.33. The molecule has 0 heterocycles. The van der Waals surface area contributed by atoms with Crippen LogP contribution in [0.5, 0.6) is 0 Å². The highest BCUT2D eigenvalue weighted by molar-refractivity contribution is 6.32. The number of aromatic carboxylic acids is 1. The normalized spacial score (nSPS) is 7.67. The predicted octanol–water partition coefficient (Wildman–Crippen LogP) is -2.01. The van der Waals surface area contributed by atoms with E-state index in [1.807, 2.05) is 7.85 Å². The SMILES string of the molecule is Bc1ccc(C(=O)O)cc1.O.O. The highest BCUT2D eigenvalue weighted by Gasteiger charge is 1.98. The number of benzene rings is 1. The average Bonchev–Trinajstić information content (AvgIpc) is 1.88. The Kier molecular flexibility index (Phi) is 5.91. The molecule has 0 saturated carbocycles. The van der Waals surface area contributed by atoms with Gasteiger partial charge in [0.1, 0.15) is 7.85 Å². The molecule has 12 heavy (non-hydrogen) atoms. The van der Waals surface area contributed by atoms with Gasteiger partial charge >= 0.3 is 5.97 Å². The molecule has 0 spiro atoms. The maximum atomic E-state index is 10.3. The fourth-order valence-corrected chi connectivity index (χ4v) is 0.696. The van der Waals surface area contributed by atoms with Crippen LogP contribution in [0, 0.1) is 0 Å². The van der Waals surface area contributed by atoms with Gasteiger partial charge in [0.2, 0.25) is 0 Å². The van der Waals surface area contributed by atoms with Crippen LogP contribution in [0.1, 0.15) is 10.4 Å². The van der Waals surface area contributed by atoms with Gasteiger partial charge in [-0.3, -0.25) is 0 Å². The summed E-state index contributed by atoms with van der Waals surface area (Å²) in [6.07, 6.45) is 0. The summed E-state index contributed by atoms with van der Waals surface area (Å²) in [5.41, 5.74) is 1.41. The number of carboxylic acids is 1. The Balaban J connectivity index is 0. The van der Waals surface area contributed by atoms with Crippen molar-refractivity contribution in [3.8, 4) is 0 Å². The number of carboxylic acid groups (broad SMARTS) is 1. The van der Waals surface area contributed by atoms with E-state index in [4.69, 9.17) is 5.11 Å². The molecular weight excluding hydrogens is 159 g/mol. The molecule has 0 aliphatic heterocycles. The third kappa shape index (κ3) is 3.18. The summed E-state index contributed by atoms with van der Waals surface area (Å²) < 4.78 is 0. The minimum atomic E-state index is -0.875. The fraction of sp³-hybridized carbons (Fsp3) is 0. The lowest BCUT2D eigenvalue weighted by Gasteiger charge is -1.92. The van der Waals surface area contributed by atoms with E-state index >= 15 is 0 Å². The van der Waals surface area contributed by atoms with Crippen molar-refractivity contribution in [2.45, 2.75) is 0 Å². The minimum Gasteiger partial charge on any atom is -0.478 e. The first-order chi connectivity index (χ1) is 4.70. The van der Waals surface area contributed by atoms with Gasteiger partial charge in [0.05, 0.1) is 5.56 Å². The summed E-state index contributed by atoms with van der Waals surface area (Å²) in [5, 5.41) is 8.48. The molecule has 1 rings (SSSR count). The van der Waals surface area contributed by atoms with E-state index in [0.717, 1.165) is 5.46 Å². The maximum absolute atomic E-state index is 10.3. The van der Waals surface area contributed by atoms with Crippen LogP contribution in [0.15, 0.2) is 24.3 Å². The van der Waals surface area contributed by atoms with Gasteiger partial charge in [0, 0.05) is 0 Å². The smallest absolute Gasteiger partial charge is 0.335 e. The van der Waals surface area contributed by atoms with Crippen LogP contribution in [0.2, 0.25) is 0 Å². The molecule has 0 bridgehead atoms. The zero-order valence-electron chi connectivity index (χ0n) is 6.66. The van der Waals surface area contributed by atoms with Gasteiger partial charge < -0.3 is 16.1 Å². The predicted molar refractivity (Wildman–Crippen MR) is 48.8 cm³/mol. The Bertz CT molecular complexity index is 244. The number of carbonyl (C=O) groups is 1. The molecule has 0 aromatic heterocycles. The zero-order valence-corrected chi connectivity index (χ0v) is 6.66. The second kappa shape index (κ2) is 5.34. The molecule has 5 N–H and O–H groups in total. The Morgan fingerprint density at radius 1 is 1.17 bits per heavy atom. The minimum absolute atomic E-state index is 0. The van der Waals surface area contributed by atoms with E-state index in [2.05, 4.69) is 0 Å². The van der Waals surface area contributed by atoms with Gasteiger partial charge in [0.15, 0.2) is 0 Å². The molecule has 0 unspecified atom stereocenters. The lowest BCUT2D eigenvalue weighted by molar-refractivity contribution is 0.0697. The van der Waals surface area contributed by atoms with Crippen molar-refractivity contribution in [3.05, 3.63) is 29.8 Å². The molecular formula is C7H11BO4. The third-order valence-corrected chi connectivity index (χ3v) is 1.30. The van der Waals surface area contributed by atoms with Crippen LogP contribution in [-0.4, -0.2) is 29.9 Å². The van der Waals surface area contributed by atoms with Crippen molar-refractivity contribution >= 4 is 19.3 Å². The van der Waals surface area contributed by atoms with Crippen LogP contribution in [0.4, 0.5) is 0 Å². The third-order valence-electron chi connectivity index (χ3n) is 1.30. The molecule has 0 amide bonds. The highest BCUT2D eigenvalue weighted by atomic mass is 16.4. The van der Waals surface area contributed by atoms with E-state index in [-0.39, 0.29) is 11.0 Å². The molecule has 0 fully saturated rings. The van der Waals surface area contributed by atoms with Gasteiger partial charge in [-0.1, -0.05) is 17.6 Å². The van der Waals surface area contributed by atoms with Crippen molar-refractivity contribution in [3.63, 3.8) is 0 Å². The van der Waals surface area contributed by atoms with Crippen LogP contribution >= 0.6 is 0 Å². The molecule has 66 valence electrons. The molecule has 1 aromatic carbocycles. The zero-order chi connectivity index (χ0) is 7.56. The topological polar surface area (TPSA) is 100 Å². The summed E-state index contributed by atoms with van der Waals surface area (Å²) in [7, 11) is 1.92. The summed E-state index contributed by atoms with van der Waals surface area (Å²) in [4.78, 5) is 10.3. The average molecular weight is 170 g/mol. The van der Waals surface area contributed by atoms with E-state index < -0.39 is 5.97 Å². The largest absolute Gasteiger partial charge is 0.478 e. The van der Waals surface area contributed by atoms with Gasteiger partial charge in [-0.05, 0) is 12.1 Å². The first kappa shape index (κ1) is 13.3. The number of rotatable bonds is 1. The van der Waals surface area contributed by atoms with Gasteiger partial charge in [-0.2, -0.15) is 0 Å². The fourth-order valence-electron chi connectivity index (χ4n) is 0.696. The van der Waals surface area contributed by atoms with Crippen molar-refractivity contribution in [2.75, 3.05) is 0 Å². The molecule has 0 atom stereocenters. The lowest BCUT2D eigenvalue weighted by atomic mass is 9.95. The molecule has 4 nitrogen and oxygen atoms in total. The molecule has 0 radical (unpaired) electrons. The van der Waals surface area contributed by atoms with Crippen LogP contribution in [0.3, 0.4) is 0 Å². The van der Waals surface area contributed by atoms with Crippen LogP contribution in [0.25, 0.3) is 0 Å².